The number of rotatable bonds is 52. The Morgan fingerprint density at radius 2 is 0.732 bits per heavy atom. The molecule has 71 heavy (non-hydrogen) atoms. The Labute approximate surface area is 458 Å². The van der Waals surface area contributed by atoms with Crippen molar-refractivity contribution in [2.45, 2.75) is 337 Å². The molecule has 3 unspecified atom stereocenters. The van der Waals surface area contributed by atoms with Gasteiger partial charge in [-0.15, -0.1) is 0 Å². The van der Waals surface area contributed by atoms with Crippen molar-refractivity contribution in [2.24, 2.45) is 10.9 Å². The summed E-state index contributed by atoms with van der Waals surface area (Å²) >= 11 is 2.15. The van der Waals surface area contributed by atoms with Crippen molar-refractivity contribution >= 4 is 40.7 Å². The van der Waals surface area contributed by atoms with Gasteiger partial charge in [0.1, 0.15) is 12.1 Å². The SMILES string of the molecule is C.CCCCCCCCCCCCN(CCCCCCCCCCCC)C(C(=O)O)C(C)CC.CCCCCCCCCCCCN(CCCCCCCCCCCC)C(CC1=CCC=N1)C(=O)O.CI. The topological polar surface area (TPSA) is 93.4 Å². The lowest BCUT2D eigenvalue weighted by molar-refractivity contribution is -0.145. The molecule has 0 saturated heterocycles. The molecular weight excluding hydrogens is 990 g/mol. The summed E-state index contributed by atoms with van der Waals surface area (Å²) in [6.07, 6.45) is 59.2. The minimum absolute atomic E-state index is 0. The van der Waals surface area contributed by atoms with E-state index in [1.807, 2.05) is 11.1 Å². The van der Waals surface area contributed by atoms with E-state index in [9.17, 15) is 19.8 Å². The van der Waals surface area contributed by atoms with Gasteiger partial charge in [0.05, 0.1) is 0 Å². The quantitative estimate of drug-likeness (QED) is 0.0358. The Morgan fingerprint density at radius 3 is 0.958 bits per heavy atom. The first kappa shape index (κ1) is 74.2. The van der Waals surface area contributed by atoms with Gasteiger partial charge in [-0.2, -0.15) is 0 Å². The highest BCUT2D eigenvalue weighted by molar-refractivity contribution is 14.1. The number of carboxylic acids is 2. The molecule has 3 atom stereocenters. The fourth-order valence-electron chi connectivity index (χ4n) is 10.1. The van der Waals surface area contributed by atoms with Crippen LogP contribution in [0.25, 0.3) is 0 Å². The largest absolute Gasteiger partial charge is 0.480 e. The molecule has 0 bridgehead atoms. The average molecular weight is 1120 g/mol. The summed E-state index contributed by atoms with van der Waals surface area (Å²) in [6.45, 7) is 17.0. The standard InChI is InChI=1S/C31H58N2O2.C30H61NO2.CH3I.CH4/c1-3-5-7-9-11-13-15-17-19-21-26-33(30(31(34)35)28-29-24-23-25-32-29)27-22-20-18-16-14-12-10-8-6-4-2;1-5-8-10-12-14-16-18-20-22-24-26-31(29(30(32)33)28(4)7-3)27-25-23-21-19-17-15-13-11-9-6-2;1-2;/h24-25,30H,3-23,26-28H2,1-2H3,(H,34,35);28-29H,5-27H2,1-4H3,(H,32,33);1H3;1H4. The van der Waals surface area contributed by atoms with Crippen molar-refractivity contribution in [1.29, 1.82) is 0 Å². The number of halogens is 1. The Morgan fingerprint density at radius 1 is 0.465 bits per heavy atom. The van der Waals surface area contributed by atoms with Gasteiger partial charge in [-0.3, -0.25) is 24.4 Å². The molecule has 1 aliphatic rings. The molecule has 0 aromatic rings. The minimum Gasteiger partial charge on any atom is -0.480 e. The van der Waals surface area contributed by atoms with Crippen LogP contribution in [-0.4, -0.2) is 81.4 Å². The molecule has 1 rings (SSSR count). The summed E-state index contributed by atoms with van der Waals surface area (Å²) in [6, 6.07) is -0.749. The second kappa shape index (κ2) is 59.9. The first-order chi connectivity index (χ1) is 34.3. The van der Waals surface area contributed by atoms with Crippen LogP contribution in [0.4, 0.5) is 0 Å². The normalized spacial score (nSPS) is 13.3. The van der Waals surface area contributed by atoms with Gasteiger partial charge in [0.2, 0.25) is 0 Å². The fourth-order valence-corrected chi connectivity index (χ4v) is 10.1. The number of carbonyl (C=O) groups is 2. The maximum absolute atomic E-state index is 12.2. The highest BCUT2D eigenvalue weighted by atomic mass is 127. The summed E-state index contributed by atoms with van der Waals surface area (Å²) in [7, 11) is 0. The Balaban J connectivity index is -0.00000124. The van der Waals surface area contributed by atoms with Crippen LogP contribution >= 0.6 is 22.6 Å². The van der Waals surface area contributed by atoms with Gasteiger partial charge >= 0.3 is 11.9 Å². The molecule has 0 aliphatic carbocycles. The van der Waals surface area contributed by atoms with Crippen molar-refractivity contribution < 1.29 is 19.8 Å². The van der Waals surface area contributed by atoms with Crippen LogP contribution in [-0.2, 0) is 9.59 Å². The summed E-state index contributed by atoms with van der Waals surface area (Å²) in [5, 5.41) is 19.9. The third-order valence-electron chi connectivity index (χ3n) is 14.9. The van der Waals surface area contributed by atoms with Crippen molar-refractivity contribution in [3.05, 3.63) is 11.8 Å². The molecule has 0 aromatic carbocycles. The molecule has 2 N–H and O–H groups in total. The smallest absolute Gasteiger partial charge is 0.321 e. The molecule has 8 heteroatoms. The van der Waals surface area contributed by atoms with E-state index < -0.39 is 18.0 Å². The van der Waals surface area contributed by atoms with E-state index in [0.717, 1.165) is 70.4 Å². The molecule has 7 nitrogen and oxygen atoms in total. The molecule has 1 aliphatic heterocycles. The van der Waals surface area contributed by atoms with Crippen LogP contribution in [0, 0.1) is 5.92 Å². The number of aliphatic imine (C=N–C) groups is 1. The first-order valence-corrected chi connectivity index (χ1v) is 33.0. The van der Waals surface area contributed by atoms with Gasteiger partial charge in [0.25, 0.3) is 0 Å². The molecule has 1 heterocycles. The van der Waals surface area contributed by atoms with E-state index in [2.05, 4.69) is 85.0 Å². The lowest BCUT2D eigenvalue weighted by atomic mass is 9.96. The predicted octanol–water partition coefficient (Wildman–Crippen LogP) is 20.6. The Kier molecular flexibility index (Phi) is 62.6. The maximum atomic E-state index is 12.2. The predicted molar refractivity (Wildman–Crippen MR) is 325 cm³/mol. The molecule has 0 aromatic heterocycles. The molecule has 0 saturated carbocycles. The number of aliphatic carboxylic acids is 2. The van der Waals surface area contributed by atoms with Gasteiger partial charge in [-0.25, -0.2) is 0 Å². The summed E-state index contributed by atoms with van der Waals surface area (Å²) < 4.78 is 0. The van der Waals surface area contributed by atoms with Crippen molar-refractivity contribution in [3.8, 4) is 0 Å². The lowest BCUT2D eigenvalue weighted by Gasteiger charge is -2.32. The zero-order valence-corrected chi connectivity index (χ0v) is 50.2. The van der Waals surface area contributed by atoms with Crippen molar-refractivity contribution in [1.82, 2.24) is 9.80 Å². The number of carboxylic acid groups (broad SMARTS) is 2. The van der Waals surface area contributed by atoms with Crippen molar-refractivity contribution in [3.63, 3.8) is 0 Å². The van der Waals surface area contributed by atoms with Gasteiger partial charge in [-0.05, 0) is 62.7 Å². The Bertz CT molecular complexity index is 1100. The number of hydrogen-bond acceptors (Lipinski definition) is 5. The third-order valence-corrected chi connectivity index (χ3v) is 14.9. The van der Waals surface area contributed by atoms with E-state index in [4.69, 9.17) is 0 Å². The van der Waals surface area contributed by atoms with E-state index in [1.54, 1.807) is 0 Å². The fraction of sp³-hybridized carbons (Fsp3) is 0.921. The number of hydrogen-bond donors (Lipinski definition) is 2. The lowest BCUT2D eigenvalue weighted by Crippen LogP contribution is -2.46. The molecule has 424 valence electrons. The van der Waals surface area contributed by atoms with Gasteiger partial charge < -0.3 is 10.2 Å². The second-order valence-corrected chi connectivity index (χ2v) is 21.3. The maximum Gasteiger partial charge on any atom is 0.321 e. The molecular formula is C63H126IN3O4. The summed E-state index contributed by atoms with van der Waals surface area (Å²) in [4.78, 5) is 35.2. The molecule has 0 radical (unpaired) electrons. The average Bonchev–Trinajstić information content (AvgIpc) is 3.89. The number of alkyl halides is 1. The highest BCUT2D eigenvalue weighted by Gasteiger charge is 2.30. The molecule has 0 amide bonds. The third kappa shape index (κ3) is 48.4. The second-order valence-electron chi connectivity index (χ2n) is 21.3. The van der Waals surface area contributed by atoms with Crippen LogP contribution < -0.4 is 0 Å². The highest BCUT2D eigenvalue weighted by Crippen LogP contribution is 2.22. The van der Waals surface area contributed by atoms with Crippen LogP contribution in [0.3, 0.4) is 0 Å². The molecule has 0 spiro atoms. The van der Waals surface area contributed by atoms with E-state index in [-0.39, 0.29) is 19.4 Å². The zero-order chi connectivity index (χ0) is 52.0. The summed E-state index contributed by atoms with van der Waals surface area (Å²) in [5.74, 6) is -1.09. The monoisotopic (exact) mass is 1120 g/mol. The number of allylic oxidation sites excluding steroid dienone is 1. The van der Waals surface area contributed by atoms with Gasteiger partial charge in [0, 0.05) is 24.8 Å². The van der Waals surface area contributed by atoms with Gasteiger partial charge in [0.15, 0.2) is 0 Å². The number of unbranched alkanes of at least 4 members (excludes halogenated alkanes) is 36. The van der Waals surface area contributed by atoms with Crippen LogP contribution in [0.1, 0.15) is 325 Å². The Hall–Kier alpha value is -1.00. The minimum atomic E-state index is -0.688. The van der Waals surface area contributed by atoms with E-state index >= 15 is 0 Å². The van der Waals surface area contributed by atoms with Gasteiger partial charge in [-0.1, -0.05) is 315 Å². The number of nitrogens with zero attached hydrogens (tertiary/aromatic N) is 3. The van der Waals surface area contributed by atoms with Crippen LogP contribution in [0.5, 0.6) is 0 Å². The van der Waals surface area contributed by atoms with E-state index in [0.29, 0.717) is 6.42 Å². The van der Waals surface area contributed by atoms with Crippen LogP contribution in [0.15, 0.2) is 16.8 Å². The molecule has 0 fully saturated rings. The van der Waals surface area contributed by atoms with Crippen molar-refractivity contribution in [2.75, 3.05) is 31.1 Å². The first-order valence-electron chi connectivity index (χ1n) is 30.8. The van der Waals surface area contributed by atoms with E-state index in [1.165, 1.54) is 231 Å². The van der Waals surface area contributed by atoms with Crippen LogP contribution in [0.2, 0.25) is 0 Å². The summed E-state index contributed by atoms with van der Waals surface area (Å²) in [5.41, 5.74) is 0.952. The zero-order valence-electron chi connectivity index (χ0n) is 48.1.